The van der Waals surface area contributed by atoms with Crippen LogP contribution in [0.15, 0.2) is 47.2 Å². The van der Waals surface area contributed by atoms with Gasteiger partial charge in [-0.2, -0.15) is 0 Å². The summed E-state index contributed by atoms with van der Waals surface area (Å²) in [4.78, 5) is 3.16. The molecule has 0 saturated carbocycles. The van der Waals surface area contributed by atoms with Gasteiger partial charge in [-0.25, -0.2) is 0 Å². The van der Waals surface area contributed by atoms with Gasteiger partial charge in [-0.05, 0) is 17.5 Å². The Hall–Kier alpha value is -2.03. The van der Waals surface area contributed by atoms with E-state index in [1.807, 2.05) is 24.4 Å². The molecule has 68 valence electrons. The maximum Gasteiger partial charge on any atom is 0.166 e. The Kier molecular flexibility index (Phi) is 1.44. The summed E-state index contributed by atoms with van der Waals surface area (Å²) in [5.74, 6) is 0.793. The Bertz CT molecular complexity index is 551. The SMILES string of the molecule is c1cc(-c2ccc3cc[nH]c3c2)on1. The maximum atomic E-state index is 5.08. The zero-order chi connectivity index (χ0) is 9.38. The van der Waals surface area contributed by atoms with E-state index in [4.69, 9.17) is 4.52 Å². The van der Waals surface area contributed by atoms with Crippen LogP contribution in [-0.2, 0) is 0 Å². The highest BCUT2D eigenvalue weighted by molar-refractivity contribution is 5.83. The van der Waals surface area contributed by atoms with Gasteiger partial charge in [-0.3, -0.25) is 0 Å². The van der Waals surface area contributed by atoms with Crippen LogP contribution in [0.25, 0.3) is 22.2 Å². The van der Waals surface area contributed by atoms with Crippen molar-refractivity contribution in [2.24, 2.45) is 0 Å². The van der Waals surface area contributed by atoms with E-state index >= 15 is 0 Å². The van der Waals surface area contributed by atoms with Gasteiger partial charge < -0.3 is 9.51 Å². The van der Waals surface area contributed by atoms with Gasteiger partial charge in [0.2, 0.25) is 0 Å². The second-order valence-corrected chi connectivity index (χ2v) is 3.16. The van der Waals surface area contributed by atoms with Crippen LogP contribution < -0.4 is 0 Å². The predicted octanol–water partition coefficient (Wildman–Crippen LogP) is 2.82. The smallest absolute Gasteiger partial charge is 0.166 e. The molecule has 2 heterocycles. The lowest BCUT2D eigenvalue weighted by molar-refractivity contribution is 0.432. The standard InChI is InChI=1S/C11H8N2O/c1-2-9(11-4-6-13-14-11)7-10-8(1)3-5-12-10/h1-7,12H. The van der Waals surface area contributed by atoms with E-state index in [0.29, 0.717) is 0 Å². The molecule has 0 radical (unpaired) electrons. The fourth-order valence-electron chi connectivity index (χ4n) is 1.57. The van der Waals surface area contributed by atoms with Gasteiger partial charge in [0.15, 0.2) is 5.76 Å². The summed E-state index contributed by atoms with van der Waals surface area (Å²) < 4.78 is 5.08. The molecule has 3 nitrogen and oxygen atoms in total. The third kappa shape index (κ3) is 1.03. The quantitative estimate of drug-likeness (QED) is 0.631. The van der Waals surface area contributed by atoms with Crippen molar-refractivity contribution in [2.75, 3.05) is 0 Å². The number of nitrogens with one attached hydrogen (secondary N) is 1. The van der Waals surface area contributed by atoms with Gasteiger partial charge >= 0.3 is 0 Å². The number of hydrogen-bond donors (Lipinski definition) is 1. The van der Waals surface area contributed by atoms with Crippen molar-refractivity contribution in [3.63, 3.8) is 0 Å². The number of aromatic nitrogens is 2. The molecule has 1 N–H and O–H groups in total. The minimum Gasteiger partial charge on any atom is -0.361 e. The highest BCUT2D eigenvalue weighted by atomic mass is 16.5. The van der Waals surface area contributed by atoms with Crippen molar-refractivity contribution >= 4 is 10.9 Å². The molecule has 0 atom stereocenters. The third-order valence-corrected chi connectivity index (χ3v) is 2.28. The molecule has 0 aliphatic carbocycles. The zero-order valence-corrected chi connectivity index (χ0v) is 7.40. The van der Waals surface area contributed by atoms with E-state index in [2.05, 4.69) is 22.3 Å². The van der Waals surface area contributed by atoms with E-state index in [9.17, 15) is 0 Å². The summed E-state index contributed by atoms with van der Waals surface area (Å²) in [5, 5.41) is 4.88. The Balaban J connectivity index is 2.23. The Morgan fingerprint density at radius 3 is 3.00 bits per heavy atom. The molecular weight excluding hydrogens is 176 g/mol. The van der Waals surface area contributed by atoms with Crippen LogP contribution in [0.3, 0.4) is 0 Å². The molecule has 0 amide bonds. The number of hydrogen-bond acceptors (Lipinski definition) is 2. The van der Waals surface area contributed by atoms with E-state index < -0.39 is 0 Å². The normalized spacial score (nSPS) is 10.9. The predicted molar refractivity (Wildman–Crippen MR) is 53.8 cm³/mol. The van der Waals surface area contributed by atoms with E-state index in [1.54, 1.807) is 6.20 Å². The highest BCUT2D eigenvalue weighted by Gasteiger charge is 2.02. The minimum atomic E-state index is 0.793. The number of benzene rings is 1. The number of rotatable bonds is 1. The molecule has 0 unspecified atom stereocenters. The molecule has 0 fully saturated rings. The first-order valence-corrected chi connectivity index (χ1v) is 4.42. The fraction of sp³-hybridized carbons (Fsp3) is 0. The minimum absolute atomic E-state index is 0.793. The first-order valence-electron chi connectivity index (χ1n) is 4.42. The molecule has 1 aromatic carbocycles. The summed E-state index contributed by atoms with van der Waals surface area (Å²) in [5.41, 5.74) is 2.15. The van der Waals surface area contributed by atoms with Crippen molar-refractivity contribution in [1.82, 2.24) is 10.1 Å². The van der Waals surface area contributed by atoms with Crippen LogP contribution in [0.4, 0.5) is 0 Å². The summed E-state index contributed by atoms with van der Waals surface area (Å²) in [6.07, 6.45) is 3.57. The molecule has 0 spiro atoms. The van der Waals surface area contributed by atoms with Crippen LogP contribution in [0.5, 0.6) is 0 Å². The lowest BCUT2D eigenvalue weighted by Crippen LogP contribution is -1.74. The first-order chi connectivity index (χ1) is 6.93. The van der Waals surface area contributed by atoms with Gasteiger partial charge in [0.25, 0.3) is 0 Å². The second kappa shape index (κ2) is 2.73. The molecule has 0 aliphatic rings. The molecule has 3 rings (SSSR count). The molecular formula is C11H8N2O. The van der Waals surface area contributed by atoms with Gasteiger partial charge in [0, 0.05) is 23.3 Å². The van der Waals surface area contributed by atoms with Crippen LogP contribution in [-0.4, -0.2) is 10.1 Å². The molecule has 3 heteroatoms. The van der Waals surface area contributed by atoms with Gasteiger partial charge in [0.05, 0.1) is 6.20 Å². The number of fused-ring (bicyclic) bond motifs is 1. The number of H-pyrrole nitrogens is 1. The Morgan fingerprint density at radius 1 is 1.14 bits per heavy atom. The molecule has 0 saturated heterocycles. The zero-order valence-electron chi connectivity index (χ0n) is 7.40. The van der Waals surface area contributed by atoms with Crippen LogP contribution in [0.2, 0.25) is 0 Å². The summed E-state index contributed by atoms with van der Waals surface area (Å²) in [6, 6.07) is 10.0. The summed E-state index contributed by atoms with van der Waals surface area (Å²) >= 11 is 0. The van der Waals surface area contributed by atoms with Gasteiger partial charge in [0.1, 0.15) is 0 Å². The topological polar surface area (TPSA) is 41.8 Å². The molecule has 0 bridgehead atoms. The maximum absolute atomic E-state index is 5.08. The van der Waals surface area contributed by atoms with Gasteiger partial charge in [-0.15, -0.1) is 0 Å². The summed E-state index contributed by atoms with van der Waals surface area (Å²) in [6.45, 7) is 0. The van der Waals surface area contributed by atoms with Crippen molar-refractivity contribution in [2.45, 2.75) is 0 Å². The lowest BCUT2D eigenvalue weighted by Gasteiger charge is -1.95. The average Bonchev–Trinajstić information content (AvgIpc) is 2.88. The molecule has 0 aliphatic heterocycles. The van der Waals surface area contributed by atoms with Crippen molar-refractivity contribution in [1.29, 1.82) is 0 Å². The van der Waals surface area contributed by atoms with Crippen molar-refractivity contribution in [3.8, 4) is 11.3 Å². The monoisotopic (exact) mass is 184 g/mol. The van der Waals surface area contributed by atoms with Crippen LogP contribution >= 0.6 is 0 Å². The Labute approximate surface area is 80.3 Å². The van der Waals surface area contributed by atoms with E-state index in [-0.39, 0.29) is 0 Å². The number of nitrogens with zero attached hydrogens (tertiary/aromatic N) is 1. The van der Waals surface area contributed by atoms with Crippen molar-refractivity contribution < 1.29 is 4.52 Å². The van der Waals surface area contributed by atoms with Crippen LogP contribution in [0.1, 0.15) is 0 Å². The largest absolute Gasteiger partial charge is 0.361 e. The summed E-state index contributed by atoms with van der Waals surface area (Å²) in [7, 11) is 0. The Morgan fingerprint density at radius 2 is 2.14 bits per heavy atom. The fourth-order valence-corrected chi connectivity index (χ4v) is 1.57. The van der Waals surface area contributed by atoms with Gasteiger partial charge in [-0.1, -0.05) is 17.3 Å². The van der Waals surface area contributed by atoms with E-state index in [0.717, 1.165) is 16.8 Å². The lowest BCUT2D eigenvalue weighted by atomic mass is 10.1. The number of aromatic amines is 1. The molecule has 3 aromatic rings. The average molecular weight is 184 g/mol. The highest BCUT2D eigenvalue weighted by Crippen LogP contribution is 2.22. The van der Waals surface area contributed by atoms with Crippen molar-refractivity contribution in [3.05, 3.63) is 42.7 Å². The second-order valence-electron chi connectivity index (χ2n) is 3.16. The third-order valence-electron chi connectivity index (χ3n) is 2.28. The first kappa shape index (κ1) is 7.38. The van der Waals surface area contributed by atoms with Crippen LogP contribution in [0, 0.1) is 0 Å². The molecule has 2 aromatic heterocycles. The van der Waals surface area contributed by atoms with E-state index in [1.165, 1.54) is 5.39 Å². The molecule has 14 heavy (non-hydrogen) atoms.